The van der Waals surface area contributed by atoms with Crippen LogP contribution >= 0.6 is 11.3 Å². The smallest absolute Gasteiger partial charge is 0.162 e. The van der Waals surface area contributed by atoms with Crippen molar-refractivity contribution in [2.75, 3.05) is 19.5 Å². The van der Waals surface area contributed by atoms with Crippen LogP contribution in [0.1, 0.15) is 28.3 Å². The van der Waals surface area contributed by atoms with E-state index >= 15 is 0 Å². The normalized spacial score (nSPS) is 12.1. The van der Waals surface area contributed by atoms with Gasteiger partial charge in [-0.3, -0.25) is 0 Å². The minimum absolute atomic E-state index is 0.269. The maximum atomic E-state index is 5.36. The largest absolute Gasteiger partial charge is 0.493 e. The Hall–Kier alpha value is -1.68. The molecule has 0 aliphatic carbocycles. The van der Waals surface area contributed by atoms with Gasteiger partial charge in [-0.25, -0.2) is 0 Å². The summed E-state index contributed by atoms with van der Waals surface area (Å²) < 4.78 is 10.7. The first kappa shape index (κ1) is 14.7. The number of nitrogens with one attached hydrogen (secondary N) is 1. The Morgan fingerprint density at radius 1 is 1.05 bits per heavy atom. The van der Waals surface area contributed by atoms with Crippen LogP contribution in [0.2, 0.25) is 0 Å². The van der Waals surface area contributed by atoms with Crippen LogP contribution in [-0.4, -0.2) is 14.2 Å². The first-order valence-corrected chi connectivity index (χ1v) is 7.42. The van der Waals surface area contributed by atoms with Crippen molar-refractivity contribution in [1.82, 2.24) is 0 Å². The second-order valence-corrected chi connectivity index (χ2v) is 6.16. The molecule has 0 aliphatic heterocycles. The molecular formula is C16H21NO2S. The molecular weight excluding hydrogens is 270 g/mol. The van der Waals surface area contributed by atoms with Gasteiger partial charge in [0.05, 0.1) is 20.3 Å². The van der Waals surface area contributed by atoms with Crippen LogP contribution in [0.25, 0.3) is 0 Å². The SMILES string of the molecule is COc1cc(C)c(NC(C)c2ccc(C)s2)cc1OC. The first-order chi connectivity index (χ1) is 9.55. The van der Waals surface area contributed by atoms with E-state index in [1.54, 1.807) is 14.2 Å². The lowest BCUT2D eigenvalue weighted by atomic mass is 10.1. The second kappa shape index (κ2) is 6.18. The molecule has 0 saturated heterocycles. The van der Waals surface area contributed by atoms with Gasteiger partial charge < -0.3 is 14.8 Å². The van der Waals surface area contributed by atoms with Crippen LogP contribution < -0.4 is 14.8 Å². The lowest BCUT2D eigenvalue weighted by Gasteiger charge is -2.18. The molecule has 1 atom stereocenters. The Kier molecular flexibility index (Phi) is 4.55. The van der Waals surface area contributed by atoms with Crippen LogP contribution in [0.15, 0.2) is 24.3 Å². The fraction of sp³-hybridized carbons (Fsp3) is 0.375. The molecule has 0 radical (unpaired) electrons. The van der Waals surface area contributed by atoms with E-state index in [0.29, 0.717) is 0 Å². The van der Waals surface area contributed by atoms with Gasteiger partial charge in [0.25, 0.3) is 0 Å². The molecule has 0 spiro atoms. The van der Waals surface area contributed by atoms with Crippen LogP contribution in [0.5, 0.6) is 11.5 Å². The van der Waals surface area contributed by atoms with E-state index in [9.17, 15) is 0 Å². The van der Waals surface area contributed by atoms with Gasteiger partial charge in [0.2, 0.25) is 0 Å². The van der Waals surface area contributed by atoms with Crippen LogP contribution in [0.4, 0.5) is 5.69 Å². The number of thiophene rings is 1. The first-order valence-electron chi connectivity index (χ1n) is 6.60. The molecule has 2 rings (SSSR count). The summed E-state index contributed by atoms with van der Waals surface area (Å²) >= 11 is 1.82. The second-order valence-electron chi connectivity index (χ2n) is 4.84. The highest BCUT2D eigenvalue weighted by molar-refractivity contribution is 7.12. The van der Waals surface area contributed by atoms with Crippen molar-refractivity contribution in [2.24, 2.45) is 0 Å². The number of methoxy groups -OCH3 is 2. The fourth-order valence-electron chi connectivity index (χ4n) is 2.13. The summed E-state index contributed by atoms with van der Waals surface area (Å²) in [5.41, 5.74) is 2.21. The van der Waals surface area contributed by atoms with Gasteiger partial charge in [0.15, 0.2) is 11.5 Å². The summed E-state index contributed by atoms with van der Waals surface area (Å²) in [5.74, 6) is 1.50. The summed E-state index contributed by atoms with van der Waals surface area (Å²) in [5, 5.41) is 3.54. The van der Waals surface area contributed by atoms with Crippen molar-refractivity contribution >= 4 is 17.0 Å². The van der Waals surface area contributed by atoms with Crippen molar-refractivity contribution in [3.05, 3.63) is 39.6 Å². The number of rotatable bonds is 5. The minimum atomic E-state index is 0.269. The minimum Gasteiger partial charge on any atom is -0.493 e. The molecule has 3 nitrogen and oxygen atoms in total. The Morgan fingerprint density at radius 3 is 2.25 bits per heavy atom. The van der Waals surface area contributed by atoms with Gasteiger partial charge in [-0.05, 0) is 44.5 Å². The van der Waals surface area contributed by atoms with Gasteiger partial charge in [-0.15, -0.1) is 11.3 Å². The summed E-state index contributed by atoms with van der Waals surface area (Å²) in [6, 6.07) is 8.58. The summed E-state index contributed by atoms with van der Waals surface area (Å²) in [7, 11) is 3.31. The van der Waals surface area contributed by atoms with E-state index in [0.717, 1.165) is 22.7 Å². The third kappa shape index (κ3) is 3.07. The Morgan fingerprint density at radius 2 is 1.70 bits per heavy atom. The van der Waals surface area contributed by atoms with Gasteiger partial charge in [-0.1, -0.05) is 0 Å². The number of aryl methyl sites for hydroxylation is 2. The number of ether oxygens (including phenoxy) is 2. The Labute approximate surface area is 124 Å². The van der Waals surface area contributed by atoms with Crippen molar-refractivity contribution in [3.63, 3.8) is 0 Å². The lowest BCUT2D eigenvalue weighted by molar-refractivity contribution is 0.355. The quantitative estimate of drug-likeness (QED) is 0.876. The molecule has 0 aliphatic rings. The number of hydrogen-bond donors (Lipinski definition) is 1. The molecule has 1 aromatic carbocycles. The molecule has 108 valence electrons. The van der Waals surface area contributed by atoms with E-state index in [4.69, 9.17) is 9.47 Å². The van der Waals surface area contributed by atoms with Gasteiger partial charge in [0, 0.05) is 21.5 Å². The zero-order chi connectivity index (χ0) is 14.7. The molecule has 0 saturated carbocycles. The number of anilines is 1. The topological polar surface area (TPSA) is 30.5 Å². The molecule has 4 heteroatoms. The predicted octanol–water partition coefficient (Wildman–Crippen LogP) is 4.56. The molecule has 0 bridgehead atoms. The van der Waals surface area contributed by atoms with Crippen molar-refractivity contribution < 1.29 is 9.47 Å². The average Bonchev–Trinajstić information content (AvgIpc) is 2.87. The van der Waals surface area contributed by atoms with Crippen LogP contribution in [0.3, 0.4) is 0 Å². The van der Waals surface area contributed by atoms with Crippen molar-refractivity contribution in [1.29, 1.82) is 0 Å². The highest BCUT2D eigenvalue weighted by atomic mass is 32.1. The summed E-state index contributed by atoms with van der Waals surface area (Å²) in [4.78, 5) is 2.66. The van der Waals surface area contributed by atoms with Gasteiger partial charge in [0.1, 0.15) is 0 Å². The summed E-state index contributed by atoms with van der Waals surface area (Å²) in [6.07, 6.45) is 0. The van der Waals surface area contributed by atoms with Crippen LogP contribution in [-0.2, 0) is 0 Å². The third-order valence-electron chi connectivity index (χ3n) is 3.29. The zero-order valence-electron chi connectivity index (χ0n) is 12.6. The standard InChI is InChI=1S/C16H21NO2S/c1-10-8-14(18-4)15(19-5)9-13(10)17-12(3)16-7-6-11(2)20-16/h6-9,12,17H,1-5H3. The Bertz CT molecular complexity index is 592. The van der Waals surface area contributed by atoms with Gasteiger partial charge in [-0.2, -0.15) is 0 Å². The maximum Gasteiger partial charge on any atom is 0.162 e. The molecule has 1 aromatic heterocycles. The maximum absolute atomic E-state index is 5.36. The molecule has 1 unspecified atom stereocenters. The zero-order valence-corrected chi connectivity index (χ0v) is 13.4. The van der Waals surface area contributed by atoms with E-state index in [-0.39, 0.29) is 6.04 Å². The molecule has 20 heavy (non-hydrogen) atoms. The molecule has 0 fully saturated rings. The van der Waals surface area contributed by atoms with E-state index < -0.39 is 0 Å². The highest BCUT2D eigenvalue weighted by Crippen LogP contribution is 2.35. The van der Waals surface area contributed by atoms with E-state index in [1.807, 2.05) is 23.5 Å². The molecule has 0 amide bonds. The number of benzene rings is 1. The fourth-order valence-corrected chi connectivity index (χ4v) is 3.01. The Balaban J connectivity index is 2.24. The van der Waals surface area contributed by atoms with Crippen molar-refractivity contribution in [2.45, 2.75) is 26.8 Å². The molecule has 2 aromatic rings. The highest BCUT2D eigenvalue weighted by Gasteiger charge is 2.12. The third-order valence-corrected chi connectivity index (χ3v) is 4.47. The molecule has 1 heterocycles. The number of hydrogen-bond acceptors (Lipinski definition) is 4. The summed E-state index contributed by atoms with van der Waals surface area (Å²) in [6.45, 7) is 6.36. The lowest BCUT2D eigenvalue weighted by Crippen LogP contribution is -2.06. The van der Waals surface area contributed by atoms with Crippen LogP contribution in [0, 0.1) is 13.8 Å². The molecule has 1 N–H and O–H groups in total. The monoisotopic (exact) mass is 291 g/mol. The van der Waals surface area contributed by atoms with Crippen molar-refractivity contribution in [3.8, 4) is 11.5 Å². The van der Waals surface area contributed by atoms with E-state index in [1.165, 1.54) is 9.75 Å². The average molecular weight is 291 g/mol. The van der Waals surface area contributed by atoms with E-state index in [2.05, 4.69) is 38.2 Å². The van der Waals surface area contributed by atoms with Gasteiger partial charge >= 0.3 is 0 Å². The predicted molar refractivity (Wildman–Crippen MR) is 85.4 cm³/mol.